The van der Waals surface area contributed by atoms with E-state index in [9.17, 15) is 4.79 Å². The Morgan fingerprint density at radius 1 is 1.32 bits per heavy atom. The molecule has 102 valence electrons. The lowest BCUT2D eigenvalue weighted by molar-refractivity contribution is 0.0520. The molecule has 0 aromatic heterocycles. The summed E-state index contributed by atoms with van der Waals surface area (Å²) < 4.78 is 10.5. The van der Waals surface area contributed by atoms with Crippen molar-refractivity contribution in [2.24, 2.45) is 0 Å². The third kappa shape index (κ3) is 6.32. The molecule has 0 atom stereocenters. The fourth-order valence-electron chi connectivity index (χ4n) is 1.26. The Balaban J connectivity index is 2.24. The summed E-state index contributed by atoms with van der Waals surface area (Å²) in [6.07, 6.45) is -0.462. The van der Waals surface area contributed by atoms with Crippen molar-refractivity contribution < 1.29 is 14.3 Å². The number of amides is 1. The Labute approximate surface area is 113 Å². The van der Waals surface area contributed by atoms with Gasteiger partial charge < -0.3 is 14.8 Å². The Kier molecular flexibility index (Phi) is 5.19. The molecule has 0 bridgehead atoms. The molecule has 0 aliphatic heterocycles. The number of hydrogen-bond donors (Lipinski definition) is 1. The summed E-state index contributed by atoms with van der Waals surface area (Å²) in [5.41, 5.74) is 0.0807. The van der Waals surface area contributed by atoms with Crippen LogP contribution >= 0.6 is 0 Å². The van der Waals surface area contributed by atoms with Gasteiger partial charge in [-0.2, -0.15) is 5.26 Å². The molecule has 5 nitrogen and oxygen atoms in total. The van der Waals surface area contributed by atoms with Gasteiger partial charge in [0.15, 0.2) is 0 Å². The normalized spacial score (nSPS) is 10.4. The molecule has 0 saturated carbocycles. The molecule has 0 unspecified atom stereocenters. The number of carbonyl (C=O) groups excluding carboxylic acids is 1. The molecule has 0 radical (unpaired) electrons. The van der Waals surface area contributed by atoms with E-state index in [0.29, 0.717) is 24.5 Å². The van der Waals surface area contributed by atoms with Crippen LogP contribution in [0.5, 0.6) is 5.75 Å². The van der Waals surface area contributed by atoms with Gasteiger partial charge in [0.2, 0.25) is 0 Å². The molecule has 0 heterocycles. The van der Waals surface area contributed by atoms with Crippen molar-refractivity contribution >= 4 is 6.09 Å². The molecule has 0 spiro atoms. The molecule has 1 amide bonds. The standard InChI is InChI=1S/C14H18N2O3/c1-14(2,3)19-13(17)16-8-9-18-12-6-4-11(10-15)5-7-12/h4-7H,8-9H2,1-3H3,(H,16,17). The number of nitrogens with zero attached hydrogens (tertiary/aromatic N) is 1. The first-order valence-corrected chi connectivity index (χ1v) is 6.00. The van der Waals surface area contributed by atoms with E-state index in [2.05, 4.69) is 5.32 Å². The third-order valence-electron chi connectivity index (χ3n) is 2.02. The van der Waals surface area contributed by atoms with Gasteiger partial charge in [0.25, 0.3) is 0 Å². The number of nitriles is 1. The minimum Gasteiger partial charge on any atom is -0.492 e. The number of benzene rings is 1. The molecule has 0 saturated heterocycles. The quantitative estimate of drug-likeness (QED) is 0.846. The fraction of sp³-hybridized carbons (Fsp3) is 0.429. The van der Waals surface area contributed by atoms with Crippen LogP contribution in [0.15, 0.2) is 24.3 Å². The fourth-order valence-corrected chi connectivity index (χ4v) is 1.26. The van der Waals surface area contributed by atoms with E-state index >= 15 is 0 Å². The maximum absolute atomic E-state index is 11.3. The van der Waals surface area contributed by atoms with E-state index < -0.39 is 11.7 Å². The van der Waals surface area contributed by atoms with Gasteiger partial charge in [-0.05, 0) is 45.0 Å². The van der Waals surface area contributed by atoms with Crippen LogP contribution in [0.3, 0.4) is 0 Å². The zero-order valence-corrected chi connectivity index (χ0v) is 11.4. The number of carbonyl (C=O) groups is 1. The van der Waals surface area contributed by atoms with E-state index in [1.54, 1.807) is 45.0 Å². The lowest BCUT2D eigenvalue weighted by Gasteiger charge is -2.19. The smallest absolute Gasteiger partial charge is 0.407 e. The van der Waals surface area contributed by atoms with Crippen LogP contribution in [0.4, 0.5) is 4.79 Å². The number of hydrogen-bond acceptors (Lipinski definition) is 4. The summed E-state index contributed by atoms with van der Waals surface area (Å²) >= 11 is 0. The van der Waals surface area contributed by atoms with Crippen LogP contribution in [-0.4, -0.2) is 24.8 Å². The van der Waals surface area contributed by atoms with Crippen molar-refractivity contribution in [2.45, 2.75) is 26.4 Å². The minimum absolute atomic E-state index is 0.338. The average molecular weight is 262 g/mol. The van der Waals surface area contributed by atoms with Crippen molar-refractivity contribution in [1.82, 2.24) is 5.32 Å². The largest absolute Gasteiger partial charge is 0.492 e. The van der Waals surface area contributed by atoms with E-state index in [1.807, 2.05) is 6.07 Å². The molecule has 0 fully saturated rings. The summed E-state index contributed by atoms with van der Waals surface area (Å²) in [7, 11) is 0. The first-order chi connectivity index (χ1) is 8.90. The van der Waals surface area contributed by atoms with E-state index in [1.165, 1.54) is 0 Å². The Bertz CT molecular complexity index is 455. The lowest BCUT2D eigenvalue weighted by Crippen LogP contribution is -2.34. The Hall–Kier alpha value is -2.22. The van der Waals surface area contributed by atoms with Gasteiger partial charge >= 0.3 is 6.09 Å². The van der Waals surface area contributed by atoms with Crippen molar-refractivity contribution in [1.29, 1.82) is 5.26 Å². The van der Waals surface area contributed by atoms with Crippen molar-refractivity contribution in [3.8, 4) is 11.8 Å². The van der Waals surface area contributed by atoms with Gasteiger partial charge in [-0.15, -0.1) is 0 Å². The minimum atomic E-state index is -0.502. The molecule has 0 aliphatic carbocycles. The summed E-state index contributed by atoms with van der Waals surface area (Å²) in [5, 5.41) is 11.2. The monoisotopic (exact) mass is 262 g/mol. The van der Waals surface area contributed by atoms with Crippen molar-refractivity contribution in [2.75, 3.05) is 13.2 Å². The highest BCUT2D eigenvalue weighted by Crippen LogP contribution is 2.11. The molecule has 1 aromatic rings. The second-order valence-corrected chi connectivity index (χ2v) is 4.91. The molecule has 1 rings (SSSR count). The summed E-state index contributed by atoms with van der Waals surface area (Å²) in [5.74, 6) is 0.657. The van der Waals surface area contributed by atoms with Gasteiger partial charge in [0, 0.05) is 0 Å². The first kappa shape index (κ1) is 14.8. The number of rotatable bonds is 4. The second kappa shape index (κ2) is 6.64. The molecule has 19 heavy (non-hydrogen) atoms. The van der Waals surface area contributed by atoms with Crippen LogP contribution in [0, 0.1) is 11.3 Å². The zero-order chi connectivity index (χ0) is 14.3. The Morgan fingerprint density at radius 3 is 2.47 bits per heavy atom. The molecular formula is C14H18N2O3. The number of ether oxygens (including phenoxy) is 2. The van der Waals surface area contributed by atoms with Crippen molar-refractivity contribution in [3.63, 3.8) is 0 Å². The van der Waals surface area contributed by atoms with Gasteiger partial charge in [0.05, 0.1) is 18.2 Å². The highest BCUT2D eigenvalue weighted by molar-refractivity contribution is 5.67. The zero-order valence-electron chi connectivity index (χ0n) is 11.4. The highest BCUT2D eigenvalue weighted by Gasteiger charge is 2.15. The molecule has 1 aromatic carbocycles. The number of nitrogens with one attached hydrogen (secondary N) is 1. The van der Waals surface area contributed by atoms with Crippen LogP contribution in [0.1, 0.15) is 26.3 Å². The molecule has 0 aliphatic rings. The van der Waals surface area contributed by atoms with Crippen LogP contribution < -0.4 is 10.1 Å². The molecule has 1 N–H and O–H groups in total. The van der Waals surface area contributed by atoms with E-state index in [4.69, 9.17) is 14.7 Å². The average Bonchev–Trinajstić information content (AvgIpc) is 2.33. The predicted octanol–water partition coefficient (Wildman–Crippen LogP) is 2.46. The van der Waals surface area contributed by atoms with Gasteiger partial charge in [-0.3, -0.25) is 0 Å². The Morgan fingerprint density at radius 2 is 1.95 bits per heavy atom. The summed E-state index contributed by atoms with van der Waals surface area (Å²) in [6.45, 7) is 6.11. The predicted molar refractivity (Wildman–Crippen MR) is 70.9 cm³/mol. The maximum atomic E-state index is 11.3. The van der Waals surface area contributed by atoms with Crippen LogP contribution in [0.25, 0.3) is 0 Å². The first-order valence-electron chi connectivity index (χ1n) is 6.00. The van der Waals surface area contributed by atoms with Gasteiger partial charge in [-0.1, -0.05) is 0 Å². The third-order valence-corrected chi connectivity index (χ3v) is 2.02. The highest BCUT2D eigenvalue weighted by atomic mass is 16.6. The SMILES string of the molecule is CC(C)(C)OC(=O)NCCOc1ccc(C#N)cc1. The van der Waals surface area contributed by atoms with E-state index in [0.717, 1.165) is 0 Å². The van der Waals surface area contributed by atoms with Crippen molar-refractivity contribution in [3.05, 3.63) is 29.8 Å². The number of alkyl carbamates (subject to hydrolysis) is 1. The summed E-state index contributed by atoms with van der Waals surface area (Å²) in [4.78, 5) is 11.3. The van der Waals surface area contributed by atoms with Gasteiger partial charge in [-0.25, -0.2) is 4.79 Å². The molecule has 5 heteroatoms. The van der Waals surface area contributed by atoms with E-state index in [-0.39, 0.29) is 0 Å². The van der Waals surface area contributed by atoms with Crippen LogP contribution in [0.2, 0.25) is 0 Å². The van der Waals surface area contributed by atoms with Gasteiger partial charge in [0.1, 0.15) is 18.0 Å². The van der Waals surface area contributed by atoms with Crippen LogP contribution in [-0.2, 0) is 4.74 Å². The topological polar surface area (TPSA) is 71.3 Å². The second-order valence-electron chi connectivity index (χ2n) is 4.91. The lowest BCUT2D eigenvalue weighted by atomic mass is 10.2. The maximum Gasteiger partial charge on any atom is 0.407 e. The molecular weight excluding hydrogens is 244 g/mol. The summed E-state index contributed by atoms with van der Waals surface area (Å²) in [6, 6.07) is 8.81.